The minimum atomic E-state index is -0.779. The Kier molecular flexibility index (Phi) is 4.43. The molecule has 1 aliphatic carbocycles. The highest BCUT2D eigenvalue weighted by molar-refractivity contribution is 5.85. The number of hydrogen-bond donors (Lipinski definition) is 1. The van der Waals surface area contributed by atoms with Crippen LogP contribution in [0.25, 0.3) is 0 Å². The summed E-state index contributed by atoms with van der Waals surface area (Å²) in [5, 5.41) is 0. The van der Waals surface area contributed by atoms with Gasteiger partial charge in [0.2, 0.25) is 0 Å². The Balaban J connectivity index is 0.00000133. The third-order valence-corrected chi connectivity index (χ3v) is 4.38. The summed E-state index contributed by atoms with van der Waals surface area (Å²) >= 11 is 0. The summed E-state index contributed by atoms with van der Waals surface area (Å²) in [7, 11) is 0. The fourth-order valence-electron chi connectivity index (χ4n) is 3.43. The van der Waals surface area contributed by atoms with Crippen molar-refractivity contribution in [1.29, 1.82) is 0 Å². The van der Waals surface area contributed by atoms with Crippen LogP contribution in [0.2, 0.25) is 0 Å². The average Bonchev–Trinajstić information content (AvgIpc) is 2.87. The van der Waals surface area contributed by atoms with E-state index in [0.717, 1.165) is 25.1 Å². The van der Waals surface area contributed by atoms with Crippen LogP contribution in [0.3, 0.4) is 0 Å². The lowest BCUT2D eigenvalue weighted by atomic mass is 9.98. The van der Waals surface area contributed by atoms with E-state index < -0.39 is 11.6 Å². The van der Waals surface area contributed by atoms with E-state index in [0.29, 0.717) is 24.4 Å². The molecule has 2 nitrogen and oxygen atoms in total. The van der Waals surface area contributed by atoms with Crippen molar-refractivity contribution in [3.8, 4) is 0 Å². The zero-order chi connectivity index (χ0) is 12.7. The molecular formula is C14H19ClF2N2. The third kappa shape index (κ3) is 2.91. The maximum Gasteiger partial charge on any atom is 0.159 e. The first-order valence-corrected chi connectivity index (χ1v) is 6.55. The Morgan fingerprint density at radius 2 is 1.95 bits per heavy atom. The minimum Gasteiger partial charge on any atom is -0.327 e. The molecule has 0 bridgehead atoms. The first-order valence-electron chi connectivity index (χ1n) is 6.55. The van der Waals surface area contributed by atoms with Crippen LogP contribution in [0, 0.1) is 23.5 Å². The fourth-order valence-corrected chi connectivity index (χ4v) is 3.43. The summed E-state index contributed by atoms with van der Waals surface area (Å²) in [4.78, 5) is 2.31. The van der Waals surface area contributed by atoms with Crippen molar-refractivity contribution in [2.24, 2.45) is 17.6 Å². The van der Waals surface area contributed by atoms with E-state index in [-0.39, 0.29) is 12.4 Å². The highest BCUT2D eigenvalue weighted by Gasteiger charge is 2.40. The molecule has 3 unspecified atom stereocenters. The molecule has 106 valence electrons. The number of likely N-dealkylation sites (tertiary alicyclic amines) is 1. The van der Waals surface area contributed by atoms with E-state index in [1.54, 1.807) is 6.07 Å². The number of benzene rings is 1. The number of fused-ring (bicyclic) bond motifs is 1. The topological polar surface area (TPSA) is 29.3 Å². The van der Waals surface area contributed by atoms with Crippen LogP contribution in [-0.4, -0.2) is 24.0 Å². The molecule has 0 radical (unpaired) electrons. The summed E-state index contributed by atoms with van der Waals surface area (Å²) in [6.45, 7) is 2.72. The second kappa shape index (κ2) is 5.73. The van der Waals surface area contributed by atoms with E-state index in [9.17, 15) is 8.78 Å². The van der Waals surface area contributed by atoms with Crippen LogP contribution in [0.1, 0.15) is 18.4 Å². The molecule has 2 aliphatic rings. The Labute approximate surface area is 118 Å². The van der Waals surface area contributed by atoms with Gasteiger partial charge in [0.25, 0.3) is 0 Å². The highest BCUT2D eigenvalue weighted by Crippen LogP contribution is 2.37. The molecule has 1 heterocycles. The first-order chi connectivity index (χ1) is 8.63. The molecule has 1 aromatic rings. The predicted molar refractivity (Wildman–Crippen MR) is 73.1 cm³/mol. The second-order valence-corrected chi connectivity index (χ2v) is 5.61. The van der Waals surface area contributed by atoms with Crippen LogP contribution in [-0.2, 0) is 6.54 Å². The van der Waals surface area contributed by atoms with Gasteiger partial charge in [-0.25, -0.2) is 8.78 Å². The normalized spacial score (nSPS) is 30.2. The summed E-state index contributed by atoms with van der Waals surface area (Å²) in [5.74, 6) is -0.247. The lowest BCUT2D eigenvalue weighted by molar-refractivity contribution is 0.297. The van der Waals surface area contributed by atoms with Crippen LogP contribution in [0.15, 0.2) is 18.2 Å². The Bertz CT molecular complexity index is 455. The number of nitrogens with zero attached hydrogens (tertiary/aromatic N) is 1. The monoisotopic (exact) mass is 288 g/mol. The van der Waals surface area contributed by atoms with Gasteiger partial charge < -0.3 is 5.73 Å². The molecule has 5 heteroatoms. The molecular weight excluding hydrogens is 270 g/mol. The van der Waals surface area contributed by atoms with Crippen molar-refractivity contribution in [1.82, 2.24) is 4.90 Å². The molecule has 1 saturated carbocycles. The maximum absolute atomic E-state index is 13.1. The van der Waals surface area contributed by atoms with Crippen molar-refractivity contribution in [2.75, 3.05) is 13.1 Å². The SMILES string of the molecule is Cl.NC1CCC2CN(Cc3ccc(F)c(F)c3)CC12. The summed E-state index contributed by atoms with van der Waals surface area (Å²) < 4.78 is 26.0. The van der Waals surface area contributed by atoms with Crippen molar-refractivity contribution in [3.63, 3.8) is 0 Å². The zero-order valence-electron chi connectivity index (χ0n) is 10.7. The predicted octanol–water partition coefficient (Wildman–Crippen LogP) is 2.56. The standard InChI is InChI=1S/C14H18F2N2.ClH/c15-12-3-1-9(5-13(12)16)6-18-7-10-2-4-14(17)11(10)8-18;/h1,3,5,10-11,14H,2,4,6-8,17H2;1H. The van der Waals surface area contributed by atoms with E-state index in [4.69, 9.17) is 5.73 Å². The van der Waals surface area contributed by atoms with Crippen molar-refractivity contribution in [2.45, 2.75) is 25.4 Å². The van der Waals surface area contributed by atoms with Crippen LogP contribution < -0.4 is 5.73 Å². The summed E-state index contributed by atoms with van der Waals surface area (Å²) in [6.07, 6.45) is 2.34. The third-order valence-electron chi connectivity index (χ3n) is 4.38. The van der Waals surface area contributed by atoms with Gasteiger partial charge in [0.05, 0.1) is 0 Å². The van der Waals surface area contributed by atoms with E-state index >= 15 is 0 Å². The van der Waals surface area contributed by atoms with Crippen LogP contribution >= 0.6 is 12.4 Å². The molecule has 2 fully saturated rings. The van der Waals surface area contributed by atoms with Gasteiger partial charge in [-0.3, -0.25) is 4.90 Å². The molecule has 1 aliphatic heterocycles. The molecule has 0 amide bonds. The van der Waals surface area contributed by atoms with Crippen molar-refractivity contribution in [3.05, 3.63) is 35.4 Å². The van der Waals surface area contributed by atoms with Gasteiger partial charge in [-0.1, -0.05) is 6.07 Å². The van der Waals surface area contributed by atoms with Gasteiger partial charge >= 0.3 is 0 Å². The lowest BCUT2D eigenvalue weighted by Crippen LogP contribution is -2.30. The Morgan fingerprint density at radius 1 is 1.16 bits per heavy atom. The molecule has 1 saturated heterocycles. The number of halogens is 3. The second-order valence-electron chi connectivity index (χ2n) is 5.61. The smallest absolute Gasteiger partial charge is 0.159 e. The number of rotatable bonds is 2. The number of hydrogen-bond acceptors (Lipinski definition) is 2. The van der Waals surface area contributed by atoms with Crippen molar-refractivity contribution < 1.29 is 8.78 Å². The molecule has 1 aromatic carbocycles. The molecule has 2 N–H and O–H groups in total. The van der Waals surface area contributed by atoms with Crippen molar-refractivity contribution >= 4 is 12.4 Å². The van der Waals surface area contributed by atoms with Gasteiger partial charge in [-0.05, 0) is 42.4 Å². The quantitative estimate of drug-likeness (QED) is 0.906. The summed E-state index contributed by atoms with van der Waals surface area (Å²) in [5.41, 5.74) is 6.92. The lowest BCUT2D eigenvalue weighted by Gasteiger charge is -2.18. The molecule has 19 heavy (non-hydrogen) atoms. The zero-order valence-corrected chi connectivity index (χ0v) is 11.5. The minimum absolute atomic E-state index is 0. The molecule has 3 atom stereocenters. The van der Waals surface area contributed by atoms with Gasteiger partial charge in [0, 0.05) is 25.7 Å². The van der Waals surface area contributed by atoms with E-state index in [1.165, 1.54) is 18.6 Å². The van der Waals surface area contributed by atoms with Gasteiger partial charge in [-0.15, -0.1) is 12.4 Å². The highest BCUT2D eigenvalue weighted by atomic mass is 35.5. The van der Waals surface area contributed by atoms with E-state index in [2.05, 4.69) is 4.90 Å². The number of nitrogens with two attached hydrogens (primary N) is 1. The maximum atomic E-state index is 13.1. The molecule has 3 rings (SSSR count). The van der Waals surface area contributed by atoms with Gasteiger partial charge in [-0.2, -0.15) is 0 Å². The fraction of sp³-hybridized carbons (Fsp3) is 0.571. The molecule has 0 spiro atoms. The molecule has 0 aromatic heterocycles. The van der Waals surface area contributed by atoms with E-state index in [1.807, 2.05) is 0 Å². The van der Waals surface area contributed by atoms with Gasteiger partial charge in [0.15, 0.2) is 11.6 Å². The largest absolute Gasteiger partial charge is 0.327 e. The first kappa shape index (κ1) is 14.7. The summed E-state index contributed by atoms with van der Waals surface area (Å²) in [6, 6.07) is 4.48. The van der Waals surface area contributed by atoms with Gasteiger partial charge in [0.1, 0.15) is 0 Å². The Morgan fingerprint density at radius 3 is 2.63 bits per heavy atom. The average molecular weight is 289 g/mol. The Hall–Kier alpha value is -0.710. The van der Waals surface area contributed by atoms with Crippen LogP contribution in [0.4, 0.5) is 8.78 Å². The van der Waals surface area contributed by atoms with Crippen LogP contribution in [0.5, 0.6) is 0 Å².